The van der Waals surface area contributed by atoms with Crippen LogP contribution in [0, 0.1) is 5.92 Å². The van der Waals surface area contributed by atoms with Crippen LogP contribution in [0.4, 0.5) is 13.2 Å². The van der Waals surface area contributed by atoms with Crippen LogP contribution in [-0.2, 0) is 11.0 Å². The van der Waals surface area contributed by atoms with E-state index >= 15 is 0 Å². The first kappa shape index (κ1) is 18.3. The van der Waals surface area contributed by atoms with Gasteiger partial charge in [0.15, 0.2) is 0 Å². The standard InChI is InChI=1S/C16H15Cl2F3N2O2/c17-15(18)9-12(15)14(25)23-7-5-22(6-8-23)13(24)10-1-3-11(4-2-10)16(19,20)21/h1-4,12H,5-9H2. The van der Waals surface area contributed by atoms with Crippen LogP contribution < -0.4 is 0 Å². The summed E-state index contributed by atoms with van der Waals surface area (Å²) in [6.45, 7) is 1.34. The second-order valence-corrected chi connectivity index (χ2v) is 7.75. The van der Waals surface area contributed by atoms with E-state index in [1.54, 1.807) is 4.90 Å². The molecule has 1 heterocycles. The van der Waals surface area contributed by atoms with E-state index in [1.807, 2.05) is 0 Å². The Bertz CT molecular complexity index is 684. The Labute approximate surface area is 152 Å². The van der Waals surface area contributed by atoms with Gasteiger partial charge in [-0.25, -0.2) is 0 Å². The number of hydrogen-bond acceptors (Lipinski definition) is 2. The maximum atomic E-state index is 12.6. The fraction of sp³-hybridized carbons (Fsp3) is 0.500. The molecule has 1 aliphatic carbocycles. The summed E-state index contributed by atoms with van der Waals surface area (Å²) in [5, 5.41) is 0. The van der Waals surface area contributed by atoms with Gasteiger partial charge in [-0.3, -0.25) is 9.59 Å². The summed E-state index contributed by atoms with van der Waals surface area (Å²) in [6.07, 6.45) is -4.00. The molecule has 0 bridgehead atoms. The summed E-state index contributed by atoms with van der Waals surface area (Å²) >= 11 is 11.8. The van der Waals surface area contributed by atoms with Gasteiger partial charge in [0.2, 0.25) is 5.91 Å². The van der Waals surface area contributed by atoms with Crippen molar-refractivity contribution in [2.75, 3.05) is 26.2 Å². The Kier molecular flexibility index (Phi) is 4.66. The Morgan fingerprint density at radius 3 is 1.92 bits per heavy atom. The number of carbonyl (C=O) groups excluding carboxylic acids is 2. The Morgan fingerprint density at radius 2 is 1.48 bits per heavy atom. The third-order valence-electron chi connectivity index (χ3n) is 4.46. The van der Waals surface area contributed by atoms with Gasteiger partial charge in [0.05, 0.1) is 11.5 Å². The molecule has 25 heavy (non-hydrogen) atoms. The van der Waals surface area contributed by atoms with Crippen molar-refractivity contribution in [1.29, 1.82) is 0 Å². The van der Waals surface area contributed by atoms with Crippen LogP contribution in [-0.4, -0.2) is 52.1 Å². The quantitative estimate of drug-likeness (QED) is 0.722. The second-order valence-electron chi connectivity index (χ2n) is 6.21. The van der Waals surface area contributed by atoms with E-state index in [0.29, 0.717) is 32.6 Å². The third-order valence-corrected chi connectivity index (χ3v) is 5.30. The van der Waals surface area contributed by atoms with Crippen LogP contribution in [0.15, 0.2) is 24.3 Å². The number of carbonyl (C=O) groups is 2. The normalized spacial score (nSPS) is 22.7. The fourth-order valence-corrected chi connectivity index (χ4v) is 3.31. The van der Waals surface area contributed by atoms with E-state index < -0.39 is 22.0 Å². The third kappa shape index (κ3) is 3.87. The molecule has 0 N–H and O–H groups in total. The van der Waals surface area contributed by atoms with Crippen LogP contribution in [0.25, 0.3) is 0 Å². The topological polar surface area (TPSA) is 40.6 Å². The molecular weight excluding hydrogens is 380 g/mol. The minimum atomic E-state index is -4.43. The van der Waals surface area contributed by atoms with E-state index in [1.165, 1.54) is 17.0 Å². The van der Waals surface area contributed by atoms with Crippen molar-refractivity contribution in [3.63, 3.8) is 0 Å². The monoisotopic (exact) mass is 394 g/mol. The number of alkyl halides is 5. The summed E-state index contributed by atoms with van der Waals surface area (Å²) in [7, 11) is 0. The molecule has 1 saturated heterocycles. The van der Waals surface area contributed by atoms with E-state index in [2.05, 4.69) is 0 Å². The highest BCUT2D eigenvalue weighted by Gasteiger charge is 2.57. The lowest BCUT2D eigenvalue weighted by Crippen LogP contribution is -2.51. The average Bonchev–Trinajstić information content (AvgIpc) is 3.21. The average molecular weight is 395 g/mol. The van der Waals surface area contributed by atoms with E-state index in [9.17, 15) is 22.8 Å². The second kappa shape index (κ2) is 6.36. The first-order valence-corrected chi connectivity index (χ1v) is 8.48. The Balaban J connectivity index is 1.57. The molecule has 1 unspecified atom stereocenters. The molecule has 1 saturated carbocycles. The van der Waals surface area contributed by atoms with Crippen LogP contribution in [0.5, 0.6) is 0 Å². The van der Waals surface area contributed by atoms with Gasteiger partial charge in [-0.2, -0.15) is 13.2 Å². The molecule has 2 amide bonds. The van der Waals surface area contributed by atoms with Crippen molar-refractivity contribution in [2.24, 2.45) is 5.92 Å². The predicted molar refractivity (Wildman–Crippen MR) is 86.5 cm³/mol. The van der Waals surface area contributed by atoms with Crippen molar-refractivity contribution >= 4 is 35.0 Å². The molecule has 1 aliphatic heterocycles. The minimum Gasteiger partial charge on any atom is -0.339 e. The zero-order valence-electron chi connectivity index (χ0n) is 13.0. The summed E-state index contributed by atoms with van der Waals surface area (Å²) in [5.74, 6) is -0.865. The maximum Gasteiger partial charge on any atom is 0.416 e. The summed E-state index contributed by atoms with van der Waals surface area (Å²) in [6, 6.07) is 4.12. The highest BCUT2D eigenvalue weighted by atomic mass is 35.5. The first-order chi connectivity index (χ1) is 11.6. The van der Waals surface area contributed by atoms with Crippen molar-refractivity contribution in [3.05, 3.63) is 35.4 Å². The first-order valence-electron chi connectivity index (χ1n) is 7.73. The summed E-state index contributed by atoms with van der Waals surface area (Å²) in [4.78, 5) is 27.7. The minimum absolute atomic E-state index is 0.119. The predicted octanol–water partition coefficient (Wildman–Crippen LogP) is 3.18. The number of benzene rings is 1. The van der Waals surface area contributed by atoms with E-state index in [-0.39, 0.29) is 17.4 Å². The van der Waals surface area contributed by atoms with Crippen molar-refractivity contribution in [3.8, 4) is 0 Å². The maximum absolute atomic E-state index is 12.6. The molecule has 1 aromatic rings. The van der Waals surface area contributed by atoms with Gasteiger partial charge >= 0.3 is 6.18 Å². The van der Waals surface area contributed by atoms with Crippen LogP contribution >= 0.6 is 23.2 Å². The highest BCUT2D eigenvalue weighted by Crippen LogP contribution is 2.53. The summed E-state index contributed by atoms with van der Waals surface area (Å²) in [5.41, 5.74) is -0.606. The number of piperazine rings is 1. The van der Waals surface area contributed by atoms with Crippen molar-refractivity contribution in [1.82, 2.24) is 9.80 Å². The smallest absolute Gasteiger partial charge is 0.339 e. The highest BCUT2D eigenvalue weighted by molar-refractivity contribution is 6.52. The number of hydrogen-bond donors (Lipinski definition) is 0. The van der Waals surface area contributed by atoms with Crippen LogP contribution in [0.2, 0.25) is 0 Å². The molecule has 9 heteroatoms. The van der Waals surface area contributed by atoms with Gasteiger partial charge in [0, 0.05) is 31.7 Å². The molecular formula is C16H15Cl2F3N2O2. The molecule has 0 spiro atoms. The van der Waals surface area contributed by atoms with Crippen molar-refractivity contribution in [2.45, 2.75) is 16.9 Å². The Morgan fingerprint density at radius 1 is 1.00 bits per heavy atom. The lowest BCUT2D eigenvalue weighted by Gasteiger charge is -2.35. The molecule has 3 rings (SSSR count). The molecule has 2 aliphatic rings. The summed E-state index contributed by atoms with van der Waals surface area (Å²) < 4.78 is 36.7. The van der Waals surface area contributed by atoms with Gasteiger partial charge in [0.1, 0.15) is 4.33 Å². The number of amides is 2. The number of halogens is 5. The molecule has 4 nitrogen and oxygen atoms in total. The molecule has 0 aromatic heterocycles. The van der Waals surface area contributed by atoms with Gasteiger partial charge in [-0.1, -0.05) is 0 Å². The lowest BCUT2D eigenvalue weighted by molar-refractivity contribution is -0.137. The van der Waals surface area contributed by atoms with Crippen molar-refractivity contribution < 1.29 is 22.8 Å². The Hall–Kier alpha value is -1.47. The van der Waals surface area contributed by atoms with Gasteiger partial charge in [-0.05, 0) is 30.7 Å². The van der Waals surface area contributed by atoms with Crippen LogP contribution in [0.3, 0.4) is 0 Å². The molecule has 2 fully saturated rings. The van der Waals surface area contributed by atoms with Gasteiger partial charge in [0.25, 0.3) is 5.91 Å². The largest absolute Gasteiger partial charge is 0.416 e. The molecule has 0 radical (unpaired) electrons. The SMILES string of the molecule is O=C(c1ccc(C(F)(F)F)cc1)N1CCN(C(=O)C2CC2(Cl)Cl)CC1. The van der Waals surface area contributed by atoms with E-state index in [0.717, 1.165) is 12.1 Å². The zero-order valence-corrected chi connectivity index (χ0v) is 14.5. The number of nitrogens with zero attached hydrogens (tertiary/aromatic N) is 2. The van der Waals surface area contributed by atoms with Gasteiger partial charge in [-0.15, -0.1) is 23.2 Å². The molecule has 136 valence electrons. The van der Waals surface area contributed by atoms with E-state index in [4.69, 9.17) is 23.2 Å². The zero-order chi connectivity index (χ0) is 18.4. The van der Waals surface area contributed by atoms with Gasteiger partial charge < -0.3 is 9.80 Å². The lowest BCUT2D eigenvalue weighted by atomic mass is 10.1. The molecule has 1 aromatic carbocycles. The van der Waals surface area contributed by atoms with Crippen LogP contribution in [0.1, 0.15) is 22.3 Å². The molecule has 1 atom stereocenters. The number of rotatable bonds is 2. The fourth-order valence-electron chi connectivity index (χ4n) is 2.82.